The fourth-order valence-electron chi connectivity index (χ4n) is 2.66. The van der Waals surface area contributed by atoms with Crippen LogP contribution >= 0.6 is 0 Å². The van der Waals surface area contributed by atoms with E-state index in [4.69, 9.17) is 0 Å². The van der Waals surface area contributed by atoms with Gasteiger partial charge in [-0.2, -0.15) is 0 Å². The van der Waals surface area contributed by atoms with Gasteiger partial charge in [0.2, 0.25) is 5.91 Å². The van der Waals surface area contributed by atoms with Gasteiger partial charge in [-0.15, -0.1) is 0 Å². The van der Waals surface area contributed by atoms with E-state index in [1.165, 1.54) is 0 Å². The van der Waals surface area contributed by atoms with Gasteiger partial charge in [0.15, 0.2) is 0 Å². The molecule has 1 aliphatic heterocycles. The van der Waals surface area contributed by atoms with Gasteiger partial charge in [-0.25, -0.2) is 4.98 Å². The number of hydrogen-bond donors (Lipinski definition) is 1. The molecular weight excluding hydrogens is 262 g/mol. The quantitative estimate of drug-likeness (QED) is 0.901. The molecule has 0 radical (unpaired) electrons. The molecule has 0 atom stereocenters. The lowest BCUT2D eigenvalue weighted by atomic mass is 9.94. The molecule has 1 aromatic heterocycles. The molecule has 2 heterocycles. The Labute approximate surface area is 127 Å². The molecule has 1 aromatic rings. The van der Waals surface area contributed by atoms with Crippen LogP contribution in [0.3, 0.4) is 0 Å². The summed E-state index contributed by atoms with van der Waals surface area (Å²) in [5.74, 6) is 1.13. The first-order chi connectivity index (χ1) is 9.76. The van der Waals surface area contributed by atoms with Crippen LogP contribution in [-0.2, 0) is 10.3 Å². The minimum absolute atomic E-state index is 0.0367. The van der Waals surface area contributed by atoms with Crippen LogP contribution in [-0.4, -0.2) is 27.9 Å². The van der Waals surface area contributed by atoms with E-state index in [1.807, 2.05) is 17.2 Å². The standard InChI is InChI=1S/C17H27N3O/c1-6-16(2,3)19-14-10-9-13(12-18-14)17(4,5)20-11-7-8-15(20)21/h9-10,12H,6-8,11H2,1-5H3,(H,18,19). The highest BCUT2D eigenvalue weighted by Crippen LogP contribution is 2.31. The van der Waals surface area contributed by atoms with Crippen molar-refractivity contribution in [1.29, 1.82) is 0 Å². The maximum atomic E-state index is 12.0. The predicted octanol–water partition coefficient (Wildman–Crippen LogP) is 3.54. The zero-order chi connectivity index (χ0) is 15.7. The summed E-state index contributed by atoms with van der Waals surface area (Å²) in [6.07, 6.45) is 4.55. The Hall–Kier alpha value is -1.58. The average molecular weight is 289 g/mol. The van der Waals surface area contributed by atoms with Crippen LogP contribution in [0, 0.1) is 0 Å². The lowest BCUT2D eigenvalue weighted by Crippen LogP contribution is -2.42. The Balaban J connectivity index is 2.16. The van der Waals surface area contributed by atoms with E-state index in [9.17, 15) is 4.79 Å². The lowest BCUT2D eigenvalue weighted by molar-refractivity contribution is -0.132. The topological polar surface area (TPSA) is 45.2 Å². The molecule has 116 valence electrons. The molecule has 1 aliphatic rings. The zero-order valence-corrected chi connectivity index (χ0v) is 13.9. The van der Waals surface area contributed by atoms with Crippen molar-refractivity contribution in [3.63, 3.8) is 0 Å². The normalized spacial score (nSPS) is 16.4. The monoisotopic (exact) mass is 289 g/mol. The first kappa shape index (κ1) is 15.8. The third kappa shape index (κ3) is 3.36. The fourth-order valence-corrected chi connectivity index (χ4v) is 2.66. The highest BCUT2D eigenvalue weighted by molar-refractivity contribution is 5.79. The summed E-state index contributed by atoms with van der Waals surface area (Å²) in [7, 11) is 0. The molecule has 0 bridgehead atoms. The van der Waals surface area contributed by atoms with Crippen molar-refractivity contribution in [1.82, 2.24) is 9.88 Å². The van der Waals surface area contributed by atoms with Gasteiger partial charge in [-0.05, 0) is 52.2 Å². The molecule has 0 aromatic carbocycles. The SMILES string of the molecule is CCC(C)(C)Nc1ccc(C(C)(C)N2CCCC2=O)cn1. The summed E-state index contributed by atoms with van der Waals surface area (Å²) < 4.78 is 0. The second-order valence-corrected chi connectivity index (χ2v) is 7.00. The summed E-state index contributed by atoms with van der Waals surface area (Å²) in [5, 5.41) is 3.43. The van der Waals surface area contributed by atoms with Gasteiger partial charge in [-0.1, -0.05) is 13.0 Å². The van der Waals surface area contributed by atoms with Crippen molar-refractivity contribution in [2.24, 2.45) is 0 Å². The molecule has 1 N–H and O–H groups in total. The second kappa shape index (κ2) is 5.66. The summed E-state index contributed by atoms with van der Waals surface area (Å²) in [5.41, 5.74) is 0.826. The number of nitrogens with zero attached hydrogens (tertiary/aromatic N) is 2. The van der Waals surface area contributed by atoms with E-state index in [1.54, 1.807) is 0 Å². The van der Waals surface area contributed by atoms with E-state index in [2.05, 4.69) is 51.0 Å². The van der Waals surface area contributed by atoms with Crippen LogP contribution in [0.1, 0.15) is 59.4 Å². The van der Waals surface area contributed by atoms with Crippen LogP contribution in [0.25, 0.3) is 0 Å². The summed E-state index contributed by atoms with van der Waals surface area (Å²) in [6, 6.07) is 4.09. The van der Waals surface area contributed by atoms with Gasteiger partial charge in [0, 0.05) is 24.7 Å². The third-order valence-electron chi connectivity index (χ3n) is 4.57. The van der Waals surface area contributed by atoms with E-state index >= 15 is 0 Å². The van der Waals surface area contributed by atoms with Gasteiger partial charge in [-0.3, -0.25) is 4.79 Å². The Bertz CT molecular complexity index is 505. The number of rotatable bonds is 5. The van der Waals surface area contributed by atoms with Crippen LogP contribution in [0.5, 0.6) is 0 Å². The number of likely N-dealkylation sites (tertiary alicyclic amines) is 1. The smallest absolute Gasteiger partial charge is 0.223 e. The minimum Gasteiger partial charge on any atom is -0.365 e. The number of nitrogens with one attached hydrogen (secondary N) is 1. The van der Waals surface area contributed by atoms with Crippen molar-refractivity contribution in [3.8, 4) is 0 Å². The largest absolute Gasteiger partial charge is 0.365 e. The Morgan fingerprint density at radius 3 is 2.48 bits per heavy atom. The number of pyridine rings is 1. The number of hydrogen-bond acceptors (Lipinski definition) is 3. The number of amides is 1. The molecular formula is C17H27N3O. The molecule has 0 spiro atoms. The number of carbonyl (C=O) groups is 1. The molecule has 4 heteroatoms. The first-order valence-electron chi connectivity index (χ1n) is 7.81. The minimum atomic E-state index is -0.292. The van der Waals surface area contributed by atoms with Crippen LogP contribution < -0.4 is 5.32 Å². The van der Waals surface area contributed by atoms with Crippen molar-refractivity contribution in [3.05, 3.63) is 23.9 Å². The fraction of sp³-hybridized carbons (Fsp3) is 0.647. The molecule has 1 fully saturated rings. The number of anilines is 1. The van der Waals surface area contributed by atoms with Crippen molar-refractivity contribution in [2.45, 2.75) is 65.0 Å². The maximum Gasteiger partial charge on any atom is 0.223 e. The third-order valence-corrected chi connectivity index (χ3v) is 4.57. The molecule has 0 saturated carbocycles. The van der Waals surface area contributed by atoms with Gasteiger partial charge < -0.3 is 10.2 Å². The van der Waals surface area contributed by atoms with E-state index in [0.29, 0.717) is 6.42 Å². The van der Waals surface area contributed by atoms with Crippen LogP contribution in [0.4, 0.5) is 5.82 Å². The Kier molecular flexibility index (Phi) is 4.26. The average Bonchev–Trinajstić information content (AvgIpc) is 2.86. The molecule has 2 rings (SSSR count). The highest BCUT2D eigenvalue weighted by Gasteiger charge is 2.35. The molecule has 0 aliphatic carbocycles. The van der Waals surface area contributed by atoms with Crippen LogP contribution in [0.2, 0.25) is 0 Å². The number of carbonyl (C=O) groups excluding carboxylic acids is 1. The van der Waals surface area contributed by atoms with Crippen LogP contribution in [0.15, 0.2) is 18.3 Å². The molecule has 4 nitrogen and oxygen atoms in total. The molecule has 21 heavy (non-hydrogen) atoms. The van der Waals surface area contributed by atoms with Gasteiger partial charge in [0.25, 0.3) is 0 Å². The van der Waals surface area contributed by atoms with Gasteiger partial charge in [0.1, 0.15) is 5.82 Å². The van der Waals surface area contributed by atoms with Gasteiger partial charge in [0.05, 0.1) is 5.54 Å². The predicted molar refractivity (Wildman–Crippen MR) is 86.2 cm³/mol. The highest BCUT2D eigenvalue weighted by atomic mass is 16.2. The molecule has 1 amide bonds. The van der Waals surface area contributed by atoms with Crippen molar-refractivity contribution < 1.29 is 4.79 Å². The summed E-state index contributed by atoms with van der Waals surface area (Å²) in [4.78, 5) is 18.5. The Morgan fingerprint density at radius 1 is 1.29 bits per heavy atom. The van der Waals surface area contributed by atoms with Crippen molar-refractivity contribution in [2.75, 3.05) is 11.9 Å². The molecule has 0 unspecified atom stereocenters. The molecule has 1 saturated heterocycles. The van der Waals surface area contributed by atoms with E-state index < -0.39 is 0 Å². The second-order valence-electron chi connectivity index (χ2n) is 7.00. The van der Waals surface area contributed by atoms with Crippen molar-refractivity contribution >= 4 is 11.7 Å². The lowest BCUT2D eigenvalue weighted by Gasteiger charge is -2.36. The number of aromatic nitrogens is 1. The van der Waals surface area contributed by atoms with E-state index in [-0.39, 0.29) is 17.0 Å². The van der Waals surface area contributed by atoms with Gasteiger partial charge >= 0.3 is 0 Å². The summed E-state index contributed by atoms with van der Waals surface area (Å²) >= 11 is 0. The first-order valence-corrected chi connectivity index (χ1v) is 7.81. The maximum absolute atomic E-state index is 12.0. The zero-order valence-electron chi connectivity index (χ0n) is 13.9. The van der Waals surface area contributed by atoms with E-state index in [0.717, 1.165) is 30.8 Å². The Morgan fingerprint density at radius 2 is 2.00 bits per heavy atom. The summed E-state index contributed by atoms with van der Waals surface area (Å²) in [6.45, 7) is 11.5.